The smallest absolute Gasteiger partial charge is 0.415 e. The number of aromatic nitrogens is 2. The van der Waals surface area contributed by atoms with Gasteiger partial charge in [0.2, 0.25) is 10.4 Å². The summed E-state index contributed by atoms with van der Waals surface area (Å²) in [6.45, 7) is 2.67. The highest BCUT2D eigenvalue weighted by Crippen LogP contribution is 1.90. The second kappa shape index (κ2) is 7.09. The molecule has 1 aromatic heterocycles. The minimum Gasteiger partial charge on any atom is -0.726 e. The van der Waals surface area contributed by atoms with Gasteiger partial charge in [0.15, 0.2) is 0 Å². The van der Waals surface area contributed by atoms with Gasteiger partial charge in [0.25, 0.3) is 6.33 Å². The lowest BCUT2D eigenvalue weighted by molar-refractivity contribution is -0.670. The lowest BCUT2D eigenvalue weighted by Crippen LogP contribution is -2.32. The van der Waals surface area contributed by atoms with Gasteiger partial charge in [-0.25, -0.2) is 17.8 Å². The molecule has 0 unspecified atom stereocenters. The van der Waals surface area contributed by atoms with Crippen molar-refractivity contribution in [2.24, 2.45) is 7.05 Å². The third-order valence-corrected chi connectivity index (χ3v) is 2.40. The Bertz CT molecular complexity index is 482. The zero-order valence-electron chi connectivity index (χ0n) is 10.7. The molecule has 0 N–H and O–H groups in total. The number of hydrogen-bond acceptors (Lipinski definition) is 5. The lowest BCUT2D eigenvalue weighted by atomic mass is 10.6. The van der Waals surface area contributed by atoms with Crippen LogP contribution >= 0.6 is 0 Å². The fraction of sp³-hybridized carbons (Fsp3) is 0.556. The Labute approximate surface area is 106 Å². The van der Waals surface area contributed by atoms with Gasteiger partial charge in [0.05, 0.1) is 14.2 Å². The number of carbonyl (C=O) groups is 1. The summed E-state index contributed by atoms with van der Waals surface area (Å²) < 4.78 is 34.4. The second-order valence-corrected chi connectivity index (χ2v) is 4.51. The summed E-state index contributed by atoms with van der Waals surface area (Å²) in [7, 11) is 0.0606. The van der Waals surface area contributed by atoms with E-state index in [0.717, 1.165) is 13.7 Å². The first-order valence-electron chi connectivity index (χ1n) is 5.01. The van der Waals surface area contributed by atoms with E-state index in [-0.39, 0.29) is 6.03 Å². The highest BCUT2D eigenvalue weighted by Gasteiger charge is 2.14. The first-order valence-corrected chi connectivity index (χ1v) is 6.34. The van der Waals surface area contributed by atoms with Crippen LogP contribution in [0.2, 0.25) is 0 Å². The second-order valence-electron chi connectivity index (χ2n) is 3.36. The van der Waals surface area contributed by atoms with Gasteiger partial charge in [-0.05, 0) is 6.92 Å². The topological polar surface area (TPSA) is 95.6 Å². The minimum absolute atomic E-state index is 0.00176. The van der Waals surface area contributed by atoms with Crippen molar-refractivity contribution in [1.82, 2.24) is 9.47 Å². The van der Waals surface area contributed by atoms with Gasteiger partial charge in [0, 0.05) is 13.6 Å². The van der Waals surface area contributed by atoms with Crippen LogP contribution in [0.1, 0.15) is 6.92 Å². The SMILES string of the molecule is CCN(C)C(=O)n1cc[n+](C)c1.COS(=O)(=O)[O-]. The summed E-state index contributed by atoms with van der Waals surface area (Å²) in [6, 6.07) is -0.00176. The molecule has 0 saturated heterocycles. The monoisotopic (exact) mass is 279 g/mol. The summed E-state index contributed by atoms with van der Waals surface area (Å²) in [5.74, 6) is 0. The number of carbonyl (C=O) groups excluding carboxylic acids is 1. The molecule has 0 aliphatic heterocycles. The van der Waals surface area contributed by atoms with E-state index in [2.05, 4.69) is 4.18 Å². The summed E-state index contributed by atoms with van der Waals surface area (Å²) >= 11 is 0. The fourth-order valence-electron chi connectivity index (χ4n) is 0.896. The third-order valence-electron chi connectivity index (χ3n) is 1.99. The van der Waals surface area contributed by atoms with Gasteiger partial charge in [-0.15, -0.1) is 0 Å². The Morgan fingerprint density at radius 3 is 2.33 bits per heavy atom. The average Bonchev–Trinajstić information content (AvgIpc) is 2.73. The Morgan fingerprint density at radius 1 is 1.56 bits per heavy atom. The van der Waals surface area contributed by atoms with E-state index in [1.165, 1.54) is 0 Å². The molecule has 1 amide bonds. The molecule has 18 heavy (non-hydrogen) atoms. The number of nitrogens with zero attached hydrogens (tertiary/aromatic N) is 3. The molecule has 1 aromatic rings. The molecule has 0 saturated carbocycles. The fourth-order valence-corrected chi connectivity index (χ4v) is 0.896. The van der Waals surface area contributed by atoms with Gasteiger partial charge in [0.1, 0.15) is 12.4 Å². The predicted molar refractivity (Wildman–Crippen MR) is 61.4 cm³/mol. The first-order chi connectivity index (χ1) is 8.21. The molecule has 0 spiro atoms. The van der Waals surface area contributed by atoms with Crippen molar-refractivity contribution in [2.45, 2.75) is 6.92 Å². The zero-order chi connectivity index (χ0) is 14.3. The molecule has 0 aromatic carbocycles. The Morgan fingerprint density at radius 2 is 2.06 bits per heavy atom. The number of imidazole rings is 1. The van der Waals surface area contributed by atoms with Crippen molar-refractivity contribution < 1.29 is 26.5 Å². The van der Waals surface area contributed by atoms with Crippen LogP contribution in [-0.4, -0.2) is 49.2 Å². The van der Waals surface area contributed by atoms with Crippen molar-refractivity contribution in [2.75, 3.05) is 20.7 Å². The molecule has 0 fully saturated rings. The van der Waals surface area contributed by atoms with Crippen LogP contribution in [0.25, 0.3) is 0 Å². The molecule has 1 heterocycles. The summed E-state index contributed by atoms with van der Waals surface area (Å²) in [4.78, 5) is 13.1. The van der Waals surface area contributed by atoms with Crippen LogP contribution in [0.15, 0.2) is 18.7 Å². The molecule has 104 valence electrons. The number of hydrogen-bond donors (Lipinski definition) is 0. The lowest BCUT2D eigenvalue weighted by Gasteiger charge is -2.09. The predicted octanol–water partition coefficient (Wildman–Crippen LogP) is -0.675. The van der Waals surface area contributed by atoms with Crippen LogP contribution < -0.4 is 4.57 Å². The summed E-state index contributed by atoms with van der Waals surface area (Å²) in [5.41, 5.74) is 0. The number of aryl methyl sites for hydroxylation is 1. The maximum Gasteiger partial charge on any atom is 0.415 e. The normalized spacial score (nSPS) is 10.5. The first kappa shape index (κ1) is 16.6. The van der Waals surface area contributed by atoms with E-state index in [1.54, 1.807) is 29.0 Å². The molecule has 0 aliphatic carbocycles. The Balaban J connectivity index is 0.000000411. The van der Waals surface area contributed by atoms with Crippen LogP contribution in [0.4, 0.5) is 4.79 Å². The Hall–Kier alpha value is -1.45. The quantitative estimate of drug-likeness (QED) is 0.406. The molecule has 0 atom stereocenters. The van der Waals surface area contributed by atoms with Gasteiger partial charge in [-0.2, -0.15) is 4.57 Å². The highest BCUT2D eigenvalue weighted by molar-refractivity contribution is 7.80. The third kappa shape index (κ3) is 6.33. The van der Waals surface area contributed by atoms with E-state index in [4.69, 9.17) is 0 Å². The van der Waals surface area contributed by atoms with E-state index in [1.807, 2.05) is 24.7 Å². The summed E-state index contributed by atoms with van der Waals surface area (Å²) in [5, 5.41) is 0. The van der Waals surface area contributed by atoms with E-state index in [9.17, 15) is 17.8 Å². The standard InChI is InChI=1S/C8H14N3O.CH4O4S/c1-4-10(3)8(12)11-6-5-9(2)7-11;1-5-6(2,3)4/h5-7H,4H2,1-3H3;1H3,(H,2,3,4)/q+1;/p-1. The highest BCUT2D eigenvalue weighted by atomic mass is 32.3. The average molecular weight is 279 g/mol. The van der Waals surface area contributed by atoms with E-state index in [0.29, 0.717) is 0 Å². The molecule has 0 bridgehead atoms. The maximum atomic E-state index is 11.5. The van der Waals surface area contributed by atoms with E-state index >= 15 is 0 Å². The number of rotatable bonds is 2. The van der Waals surface area contributed by atoms with Crippen LogP contribution in [0.5, 0.6) is 0 Å². The molecule has 9 heteroatoms. The van der Waals surface area contributed by atoms with Crippen molar-refractivity contribution in [3.8, 4) is 0 Å². The summed E-state index contributed by atoms with van der Waals surface area (Å²) in [6.07, 6.45) is 5.32. The van der Waals surface area contributed by atoms with E-state index < -0.39 is 10.4 Å². The van der Waals surface area contributed by atoms with Crippen molar-refractivity contribution in [3.63, 3.8) is 0 Å². The molecular weight excluding hydrogens is 262 g/mol. The molecule has 1 rings (SSSR count). The molecule has 0 radical (unpaired) electrons. The van der Waals surface area contributed by atoms with Crippen LogP contribution in [0, 0.1) is 0 Å². The van der Waals surface area contributed by atoms with Gasteiger partial charge < -0.3 is 9.45 Å². The zero-order valence-corrected chi connectivity index (χ0v) is 11.5. The largest absolute Gasteiger partial charge is 0.726 e. The molecule has 8 nitrogen and oxygen atoms in total. The number of amides is 1. The maximum absolute atomic E-state index is 11.5. The van der Waals surface area contributed by atoms with Gasteiger partial charge in [-0.1, -0.05) is 0 Å². The van der Waals surface area contributed by atoms with Crippen molar-refractivity contribution in [3.05, 3.63) is 18.7 Å². The van der Waals surface area contributed by atoms with Crippen molar-refractivity contribution in [1.29, 1.82) is 0 Å². The molecular formula is C9H17N3O5S. The van der Waals surface area contributed by atoms with Crippen LogP contribution in [-0.2, 0) is 21.6 Å². The van der Waals surface area contributed by atoms with Crippen LogP contribution in [0.3, 0.4) is 0 Å². The molecule has 0 aliphatic rings. The van der Waals surface area contributed by atoms with Gasteiger partial charge >= 0.3 is 6.03 Å². The van der Waals surface area contributed by atoms with Gasteiger partial charge in [-0.3, -0.25) is 4.18 Å². The van der Waals surface area contributed by atoms with Crippen molar-refractivity contribution >= 4 is 16.4 Å². The Kier molecular flexibility index (Phi) is 6.52. The minimum atomic E-state index is -4.41.